The van der Waals surface area contributed by atoms with Crippen LogP contribution in [0.25, 0.3) is 0 Å². The third-order valence-corrected chi connectivity index (χ3v) is 5.66. The zero-order valence-electron chi connectivity index (χ0n) is 11.4. The molecule has 0 saturated carbocycles. The molecule has 1 saturated heterocycles. The van der Waals surface area contributed by atoms with E-state index in [1.807, 2.05) is 11.0 Å². The van der Waals surface area contributed by atoms with E-state index < -0.39 is 0 Å². The Morgan fingerprint density at radius 3 is 2.70 bits per heavy atom. The lowest BCUT2D eigenvalue weighted by molar-refractivity contribution is -0.128. The summed E-state index contributed by atoms with van der Waals surface area (Å²) in [5.41, 5.74) is 2.57. The third kappa shape index (κ3) is 2.76. The molecule has 1 atom stereocenters. The Kier molecular flexibility index (Phi) is 4.13. The van der Waals surface area contributed by atoms with Crippen LogP contribution in [0.4, 0.5) is 0 Å². The molecular weight excluding hydrogens is 286 g/mol. The van der Waals surface area contributed by atoms with Crippen LogP contribution < -0.4 is 0 Å². The molecule has 0 radical (unpaired) electrons. The predicted molar refractivity (Wildman–Crippen MR) is 85.9 cm³/mol. The van der Waals surface area contributed by atoms with Crippen LogP contribution >= 0.6 is 23.1 Å². The van der Waals surface area contributed by atoms with E-state index in [-0.39, 0.29) is 11.3 Å². The Morgan fingerprint density at radius 2 is 2.05 bits per heavy atom. The molecule has 0 bridgehead atoms. The van der Waals surface area contributed by atoms with Crippen LogP contribution in [0.2, 0.25) is 0 Å². The lowest BCUT2D eigenvalue weighted by atomic mass is 10.1. The van der Waals surface area contributed by atoms with Gasteiger partial charge in [0.05, 0.1) is 12.3 Å². The molecule has 0 spiro atoms. The van der Waals surface area contributed by atoms with Gasteiger partial charge in [-0.05, 0) is 29.0 Å². The number of aryl methyl sites for hydroxylation is 1. The first kappa shape index (κ1) is 13.7. The zero-order valence-corrected chi connectivity index (χ0v) is 13.0. The Bertz CT molecular complexity index is 577. The highest BCUT2D eigenvalue weighted by molar-refractivity contribution is 8.00. The molecule has 1 aliphatic heterocycles. The van der Waals surface area contributed by atoms with E-state index in [0.29, 0.717) is 5.75 Å². The lowest BCUT2D eigenvalue weighted by Crippen LogP contribution is -2.27. The maximum absolute atomic E-state index is 12.1. The molecular formula is C16H17NOS2. The fraction of sp³-hybridized carbons (Fsp3) is 0.312. The molecule has 1 unspecified atom stereocenters. The topological polar surface area (TPSA) is 20.3 Å². The van der Waals surface area contributed by atoms with E-state index >= 15 is 0 Å². The number of hydrogen-bond acceptors (Lipinski definition) is 3. The number of carbonyl (C=O) groups is 1. The number of hydrogen-bond donors (Lipinski definition) is 0. The first-order valence-electron chi connectivity index (χ1n) is 6.80. The maximum atomic E-state index is 12.1. The van der Waals surface area contributed by atoms with Gasteiger partial charge in [0.1, 0.15) is 5.37 Å². The smallest absolute Gasteiger partial charge is 0.234 e. The van der Waals surface area contributed by atoms with Crippen molar-refractivity contribution < 1.29 is 4.79 Å². The predicted octanol–water partition coefficient (Wildman–Crippen LogP) is 4.08. The van der Waals surface area contributed by atoms with E-state index in [9.17, 15) is 4.79 Å². The van der Waals surface area contributed by atoms with Gasteiger partial charge in [-0.25, -0.2) is 0 Å². The third-order valence-electron chi connectivity index (χ3n) is 3.55. The molecule has 1 aliphatic rings. The first-order valence-corrected chi connectivity index (χ1v) is 8.73. The zero-order chi connectivity index (χ0) is 13.9. The monoisotopic (exact) mass is 303 g/mol. The molecule has 4 heteroatoms. The van der Waals surface area contributed by atoms with Gasteiger partial charge in [0.25, 0.3) is 0 Å². The Morgan fingerprint density at radius 1 is 1.25 bits per heavy atom. The molecule has 1 amide bonds. The largest absolute Gasteiger partial charge is 0.321 e. The molecule has 3 rings (SSSR count). The molecule has 0 N–H and O–H groups in total. The molecule has 0 aliphatic carbocycles. The second kappa shape index (κ2) is 6.02. The Labute approximate surface area is 127 Å². The molecule has 2 aromatic rings. The van der Waals surface area contributed by atoms with Gasteiger partial charge >= 0.3 is 0 Å². The average Bonchev–Trinajstić information content (AvgIpc) is 3.11. The number of rotatable bonds is 4. The highest BCUT2D eigenvalue weighted by Crippen LogP contribution is 2.39. The summed E-state index contributed by atoms with van der Waals surface area (Å²) < 4.78 is 0. The van der Waals surface area contributed by atoms with Gasteiger partial charge in [-0.1, -0.05) is 37.3 Å². The second-order valence-corrected chi connectivity index (χ2v) is 6.96. The quantitative estimate of drug-likeness (QED) is 0.848. The summed E-state index contributed by atoms with van der Waals surface area (Å²) in [6, 6.07) is 12.8. The molecule has 1 aromatic heterocycles. The number of thiophene rings is 1. The van der Waals surface area contributed by atoms with E-state index in [1.54, 1.807) is 23.1 Å². The van der Waals surface area contributed by atoms with Crippen molar-refractivity contribution in [3.63, 3.8) is 0 Å². The van der Waals surface area contributed by atoms with Crippen molar-refractivity contribution in [3.05, 3.63) is 57.8 Å². The number of amides is 1. The average molecular weight is 303 g/mol. The van der Waals surface area contributed by atoms with Crippen LogP contribution in [0.1, 0.15) is 28.3 Å². The van der Waals surface area contributed by atoms with Crippen LogP contribution in [0.3, 0.4) is 0 Å². The molecule has 20 heavy (non-hydrogen) atoms. The van der Waals surface area contributed by atoms with Crippen molar-refractivity contribution in [2.24, 2.45) is 0 Å². The fourth-order valence-electron chi connectivity index (χ4n) is 2.39. The van der Waals surface area contributed by atoms with Crippen LogP contribution in [0.5, 0.6) is 0 Å². The minimum absolute atomic E-state index is 0.163. The summed E-state index contributed by atoms with van der Waals surface area (Å²) in [5, 5.41) is 2.23. The Hall–Kier alpha value is -1.26. The molecule has 2 nitrogen and oxygen atoms in total. The van der Waals surface area contributed by atoms with E-state index in [2.05, 4.69) is 42.6 Å². The SMILES string of the molecule is CCc1ccc(C2SCC(=O)N2Cc2cccs2)cc1. The van der Waals surface area contributed by atoms with E-state index in [4.69, 9.17) is 0 Å². The van der Waals surface area contributed by atoms with Crippen molar-refractivity contribution in [2.45, 2.75) is 25.3 Å². The molecule has 104 valence electrons. The van der Waals surface area contributed by atoms with Gasteiger partial charge < -0.3 is 4.90 Å². The molecule has 1 fully saturated rings. The summed E-state index contributed by atoms with van der Waals surface area (Å²) in [4.78, 5) is 15.4. The lowest BCUT2D eigenvalue weighted by Gasteiger charge is -2.23. The van der Waals surface area contributed by atoms with E-state index in [0.717, 1.165) is 13.0 Å². The van der Waals surface area contributed by atoms with Crippen molar-refractivity contribution in [1.82, 2.24) is 4.90 Å². The van der Waals surface area contributed by atoms with Crippen LogP contribution in [-0.2, 0) is 17.8 Å². The Balaban J connectivity index is 1.81. The summed E-state index contributed by atoms with van der Waals surface area (Å²) in [5.74, 6) is 0.832. The highest BCUT2D eigenvalue weighted by atomic mass is 32.2. The van der Waals surface area contributed by atoms with Crippen molar-refractivity contribution in [3.8, 4) is 0 Å². The summed E-state index contributed by atoms with van der Waals surface area (Å²) in [7, 11) is 0. The summed E-state index contributed by atoms with van der Waals surface area (Å²) in [6.07, 6.45) is 1.05. The molecule has 2 heterocycles. The van der Waals surface area contributed by atoms with Gasteiger partial charge in [0.15, 0.2) is 0 Å². The van der Waals surface area contributed by atoms with E-state index in [1.165, 1.54) is 16.0 Å². The van der Waals surface area contributed by atoms with Crippen molar-refractivity contribution in [2.75, 3.05) is 5.75 Å². The summed E-state index contributed by atoms with van der Waals surface area (Å²) in [6.45, 7) is 2.88. The summed E-state index contributed by atoms with van der Waals surface area (Å²) >= 11 is 3.44. The normalized spacial score (nSPS) is 18.8. The standard InChI is InChI=1S/C16H17NOS2/c1-2-12-5-7-13(8-6-12)16-17(15(18)11-20-16)10-14-4-3-9-19-14/h3-9,16H,2,10-11H2,1H3. The maximum Gasteiger partial charge on any atom is 0.234 e. The van der Waals surface area contributed by atoms with Gasteiger partial charge in [-0.15, -0.1) is 23.1 Å². The van der Waals surface area contributed by atoms with Gasteiger partial charge in [0.2, 0.25) is 5.91 Å². The number of benzene rings is 1. The van der Waals surface area contributed by atoms with Crippen molar-refractivity contribution >= 4 is 29.0 Å². The number of carbonyl (C=O) groups excluding carboxylic acids is 1. The van der Waals surface area contributed by atoms with Gasteiger partial charge in [0, 0.05) is 4.88 Å². The van der Waals surface area contributed by atoms with Crippen LogP contribution in [-0.4, -0.2) is 16.6 Å². The number of nitrogens with zero attached hydrogens (tertiary/aromatic N) is 1. The second-order valence-electron chi connectivity index (χ2n) is 4.86. The van der Waals surface area contributed by atoms with Crippen molar-refractivity contribution in [1.29, 1.82) is 0 Å². The van der Waals surface area contributed by atoms with Crippen LogP contribution in [0.15, 0.2) is 41.8 Å². The van der Waals surface area contributed by atoms with Crippen LogP contribution in [0, 0.1) is 0 Å². The minimum Gasteiger partial charge on any atom is -0.321 e. The minimum atomic E-state index is 0.163. The molecule has 1 aromatic carbocycles. The highest BCUT2D eigenvalue weighted by Gasteiger charge is 2.32. The van der Waals surface area contributed by atoms with Gasteiger partial charge in [-0.3, -0.25) is 4.79 Å². The number of thioether (sulfide) groups is 1. The fourth-order valence-corrected chi connectivity index (χ4v) is 4.28. The van der Waals surface area contributed by atoms with Gasteiger partial charge in [-0.2, -0.15) is 0 Å². The first-order chi connectivity index (χ1) is 9.78.